The summed E-state index contributed by atoms with van der Waals surface area (Å²) >= 11 is 1.42. The molecule has 0 aromatic heterocycles. The van der Waals surface area contributed by atoms with Gasteiger partial charge in [0.15, 0.2) is 0 Å². The molecule has 1 N–H and O–H groups in total. The number of hydrogen-bond acceptors (Lipinski definition) is 6. The average molecular weight is 469 g/mol. The molecular formula is C25H28N2O5S. The lowest BCUT2D eigenvalue weighted by molar-refractivity contribution is -0.175. The van der Waals surface area contributed by atoms with Gasteiger partial charge in [0.2, 0.25) is 5.91 Å². The Balaban J connectivity index is 1.41. The molecule has 4 atom stereocenters. The van der Waals surface area contributed by atoms with Crippen molar-refractivity contribution in [2.75, 3.05) is 7.05 Å². The maximum atomic E-state index is 13.0. The van der Waals surface area contributed by atoms with Gasteiger partial charge >= 0.3 is 5.97 Å². The molecule has 2 aliphatic heterocycles. The third-order valence-electron chi connectivity index (χ3n) is 6.16. The molecule has 0 unspecified atom stereocenters. The van der Waals surface area contributed by atoms with Crippen LogP contribution in [0.15, 0.2) is 60.7 Å². The Morgan fingerprint density at radius 3 is 2.27 bits per heavy atom. The molecule has 0 bridgehead atoms. The van der Waals surface area contributed by atoms with E-state index in [-0.39, 0.29) is 6.61 Å². The molecule has 4 rings (SSSR count). The van der Waals surface area contributed by atoms with Crippen LogP contribution in [-0.4, -0.2) is 62.0 Å². The molecule has 2 fully saturated rings. The van der Waals surface area contributed by atoms with Crippen molar-refractivity contribution in [2.24, 2.45) is 5.92 Å². The summed E-state index contributed by atoms with van der Waals surface area (Å²) in [6, 6.07) is 18.0. The lowest BCUT2D eigenvalue weighted by Gasteiger charge is -2.45. The van der Waals surface area contributed by atoms with Gasteiger partial charge in [-0.25, -0.2) is 4.79 Å². The van der Waals surface area contributed by atoms with E-state index >= 15 is 0 Å². The van der Waals surface area contributed by atoms with Crippen molar-refractivity contribution in [2.45, 2.75) is 49.3 Å². The van der Waals surface area contributed by atoms with E-state index in [1.54, 1.807) is 7.05 Å². The summed E-state index contributed by atoms with van der Waals surface area (Å²) in [5.74, 6) is -2.27. The predicted molar refractivity (Wildman–Crippen MR) is 125 cm³/mol. The second-order valence-corrected chi connectivity index (χ2v) is 10.8. The molecule has 2 saturated heterocycles. The Bertz CT molecular complexity index is 1030. The summed E-state index contributed by atoms with van der Waals surface area (Å²) in [6.07, 6.45) is -1.46. The Morgan fingerprint density at radius 1 is 1.09 bits per heavy atom. The molecule has 2 aliphatic rings. The number of aliphatic hydroxyl groups excluding tert-OH is 1. The molecule has 0 aliphatic carbocycles. The van der Waals surface area contributed by atoms with Crippen LogP contribution in [-0.2, 0) is 32.3 Å². The SMILES string of the molecule is CN(Cc1ccccc1)C(=O)[C@@H](O)[C@@H]1C(=O)N2[C@@H]1SC(C)(C)[C@@H]2C(=O)OCc1ccccc1. The third-order valence-corrected chi connectivity index (χ3v) is 7.75. The van der Waals surface area contributed by atoms with Gasteiger partial charge in [0, 0.05) is 18.3 Å². The average Bonchev–Trinajstić information content (AvgIpc) is 3.05. The number of benzene rings is 2. The largest absolute Gasteiger partial charge is 0.459 e. The molecule has 33 heavy (non-hydrogen) atoms. The van der Waals surface area contributed by atoms with Crippen LogP contribution in [0.3, 0.4) is 0 Å². The smallest absolute Gasteiger partial charge is 0.330 e. The molecule has 2 aromatic carbocycles. The molecule has 2 amide bonds. The van der Waals surface area contributed by atoms with Crippen LogP contribution < -0.4 is 0 Å². The molecule has 0 radical (unpaired) electrons. The number of fused-ring (bicyclic) bond motifs is 1. The Labute approximate surface area is 197 Å². The highest BCUT2D eigenvalue weighted by Crippen LogP contribution is 2.54. The van der Waals surface area contributed by atoms with Gasteiger partial charge in [-0.3, -0.25) is 9.59 Å². The van der Waals surface area contributed by atoms with Crippen molar-refractivity contribution in [3.63, 3.8) is 0 Å². The van der Waals surface area contributed by atoms with Gasteiger partial charge < -0.3 is 19.6 Å². The van der Waals surface area contributed by atoms with E-state index in [0.29, 0.717) is 6.54 Å². The molecule has 0 spiro atoms. The van der Waals surface area contributed by atoms with Crippen molar-refractivity contribution >= 4 is 29.5 Å². The summed E-state index contributed by atoms with van der Waals surface area (Å²) in [6.45, 7) is 4.21. The zero-order chi connectivity index (χ0) is 23.8. The number of likely N-dealkylation sites (N-methyl/N-ethyl adjacent to an activating group) is 1. The normalized spacial score (nSPS) is 23.9. The molecule has 2 aromatic rings. The van der Waals surface area contributed by atoms with Gasteiger partial charge in [0.25, 0.3) is 5.91 Å². The van der Waals surface area contributed by atoms with Gasteiger partial charge in [-0.05, 0) is 25.0 Å². The zero-order valence-electron chi connectivity index (χ0n) is 18.9. The van der Waals surface area contributed by atoms with Crippen LogP contribution in [0.1, 0.15) is 25.0 Å². The number of ether oxygens (including phenoxy) is 1. The Kier molecular flexibility index (Phi) is 6.50. The minimum atomic E-state index is -1.46. The maximum absolute atomic E-state index is 13.0. The topological polar surface area (TPSA) is 87.2 Å². The van der Waals surface area contributed by atoms with Crippen LogP contribution in [0.25, 0.3) is 0 Å². The Morgan fingerprint density at radius 2 is 1.67 bits per heavy atom. The highest BCUT2D eigenvalue weighted by Gasteiger charge is 2.66. The molecule has 8 heteroatoms. The van der Waals surface area contributed by atoms with E-state index < -0.39 is 46.0 Å². The molecule has 7 nitrogen and oxygen atoms in total. The van der Waals surface area contributed by atoms with Gasteiger partial charge in [-0.1, -0.05) is 60.7 Å². The summed E-state index contributed by atoms with van der Waals surface area (Å²) in [5.41, 5.74) is 1.79. The second-order valence-electron chi connectivity index (χ2n) is 9.00. The number of esters is 1. The van der Waals surface area contributed by atoms with Gasteiger partial charge in [0.1, 0.15) is 24.7 Å². The number of rotatable bonds is 7. The van der Waals surface area contributed by atoms with Crippen molar-refractivity contribution < 1.29 is 24.2 Å². The number of amides is 2. The minimum Gasteiger partial charge on any atom is -0.459 e. The summed E-state index contributed by atoms with van der Waals surface area (Å²) < 4.78 is 4.90. The highest BCUT2D eigenvalue weighted by atomic mass is 32.2. The Hall–Kier alpha value is -2.84. The molecule has 2 heterocycles. The quantitative estimate of drug-likeness (QED) is 0.496. The second kappa shape index (κ2) is 9.19. The zero-order valence-corrected chi connectivity index (χ0v) is 19.7. The van der Waals surface area contributed by atoms with Crippen molar-refractivity contribution in [1.29, 1.82) is 0 Å². The summed E-state index contributed by atoms with van der Waals surface area (Å²) in [4.78, 5) is 41.7. The number of nitrogens with zero attached hydrogens (tertiary/aromatic N) is 2. The number of hydrogen-bond donors (Lipinski definition) is 1. The predicted octanol–water partition coefficient (Wildman–Crippen LogP) is 2.43. The van der Waals surface area contributed by atoms with Crippen molar-refractivity contribution in [3.05, 3.63) is 71.8 Å². The van der Waals surface area contributed by atoms with E-state index in [9.17, 15) is 19.5 Å². The monoisotopic (exact) mass is 468 g/mol. The van der Waals surface area contributed by atoms with Crippen LogP contribution >= 0.6 is 11.8 Å². The van der Waals surface area contributed by atoms with E-state index in [0.717, 1.165) is 11.1 Å². The first-order valence-electron chi connectivity index (χ1n) is 10.9. The third kappa shape index (κ3) is 4.50. The fraction of sp³-hybridized carbons (Fsp3) is 0.400. The van der Waals surface area contributed by atoms with E-state index in [1.807, 2.05) is 74.5 Å². The van der Waals surface area contributed by atoms with Gasteiger partial charge in [-0.2, -0.15) is 0 Å². The van der Waals surface area contributed by atoms with Crippen LogP contribution in [0.5, 0.6) is 0 Å². The van der Waals surface area contributed by atoms with E-state index in [1.165, 1.54) is 21.6 Å². The maximum Gasteiger partial charge on any atom is 0.330 e. The van der Waals surface area contributed by atoms with Gasteiger partial charge in [0.05, 0.1) is 5.37 Å². The minimum absolute atomic E-state index is 0.123. The number of carbonyl (C=O) groups is 3. The van der Waals surface area contributed by atoms with Crippen LogP contribution in [0.2, 0.25) is 0 Å². The highest BCUT2D eigenvalue weighted by molar-refractivity contribution is 8.01. The standard InChI is InChI=1S/C25H28N2O5S/c1-25(2)20(24(31)32-15-17-12-8-5-9-13-17)27-21(29)18(23(27)33-25)19(28)22(30)26(3)14-16-10-6-4-7-11-16/h4-13,18-20,23,28H,14-15H2,1-3H3/t18-,19+,20+,23-/m1/s1. The summed E-state index contributed by atoms with van der Waals surface area (Å²) in [5, 5.41) is 10.3. The summed E-state index contributed by atoms with van der Waals surface area (Å²) in [7, 11) is 1.61. The van der Waals surface area contributed by atoms with Gasteiger partial charge in [-0.15, -0.1) is 11.8 Å². The first kappa shape index (κ1) is 23.3. The number of β-lactam (4-membered cyclic amide) rings is 1. The fourth-order valence-electron chi connectivity index (χ4n) is 4.44. The van der Waals surface area contributed by atoms with E-state index in [4.69, 9.17) is 4.74 Å². The van der Waals surface area contributed by atoms with Crippen molar-refractivity contribution in [1.82, 2.24) is 9.80 Å². The first-order chi connectivity index (χ1) is 15.7. The lowest BCUT2D eigenvalue weighted by Crippen LogP contribution is -2.67. The van der Waals surface area contributed by atoms with Crippen molar-refractivity contribution in [3.8, 4) is 0 Å². The molecule has 174 valence electrons. The molecular weight excluding hydrogens is 440 g/mol. The number of carbonyl (C=O) groups excluding carboxylic acids is 3. The number of thioether (sulfide) groups is 1. The van der Waals surface area contributed by atoms with Crippen LogP contribution in [0.4, 0.5) is 0 Å². The molecule has 0 saturated carbocycles. The lowest BCUT2D eigenvalue weighted by atomic mass is 9.87. The fourth-order valence-corrected chi connectivity index (χ4v) is 6.15. The van der Waals surface area contributed by atoms with E-state index in [2.05, 4.69) is 0 Å². The number of aliphatic hydroxyl groups is 1. The van der Waals surface area contributed by atoms with Crippen LogP contribution in [0, 0.1) is 5.92 Å². The first-order valence-corrected chi connectivity index (χ1v) is 11.8.